The molecule has 0 bridgehead atoms. The van der Waals surface area contributed by atoms with E-state index in [4.69, 9.17) is 41.8 Å². The average Bonchev–Trinajstić information content (AvgIpc) is 2.95. The van der Waals surface area contributed by atoms with E-state index in [1.54, 1.807) is 30.3 Å². The van der Waals surface area contributed by atoms with E-state index in [2.05, 4.69) is 0 Å². The Bertz CT molecular complexity index is 1710. The van der Waals surface area contributed by atoms with Crippen LogP contribution in [-0.4, -0.2) is 5.97 Å². The zero-order valence-electron chi connectivity index (χ0n) is 20.3. The first-order valence-electron chi connectivity index (χ1n) is 11.8. The van der Waals surface area contributed by atoms with Gasteiger partial charge in [0.15, 0.2) is 0 Å². The number of ether oxygens (including phenoxy) is 3. The topological polar surface area (TPSA) is 75.0 Å². The van der Waals surface area contributed by atoms with Crippen LogP contribution in [0.4, 0.5) is 0 Å². The van der Waals surface area contributed by atoms with Gasteiger partial charge < -0.3 is 18.6 Å². The van der Waals surface area contributed by atoms with Crippen LogP contribution in [0.1, 0.15) is 11.1 Å². The fourth-order valence-electron chi connectivity index (χ4n) is 3.61. The summed E-state index contributed by atoms with van der Waals surface area (Å²) in [6.45, 7) is 0.417. The highest BCUT2D eigenvalue weighted by Gasteiger charge is 2.12. The number of halogens is 2. The maximum absolute atomic E-state index is 12.8. The fraction of sp³-hybridized carbons (Fsp3) is 0.0323. The molecule has 8 heteroatoms. The number of hydrogen-bond acceptors (Lipinski definition) is 6. The smallest absolute Gasteiger partial charge is 0.336 e. The van der Waals surface area contributed by atoms with Gasteiger partial charge in [0.2, 0.25) is 11.2 Å². The molecule has 1 aromatic heterocycles. The summed E-state index contributed by atoms with van der Waals surface area (Å²) in [5.74, 6) is 0.667. The lowest BCUT2D eigenvalue weighted by Gasteiger charge is -2.08. The summed E-state index contributed by atoms with van der Waals surface area (Å²) in [5.41, 5.74) is 1.66. The average molecular weight is 559 g/mol. The van der Waals surface area contributed by atoms with E-state index in [-0.39, 0.29) is 27.9 Å². The summed E-state index contributed by atoms with van der Waals surface area (Å²) in [6, 6.07) is 26.0. The highest BCUT2D eigenvalue weighted by Crippen LogP contribution is 2.29. The second-order valence-corrected chi connectivity index (χ2v) is 9.20. The minimum absolute atomic E-state index is 0.00956. The summed E-state index contributed by atoms with van der Waals surface area (Å²) in [5, 5.41) is 1.31. The van der Waals surface area contributed by atoms with Crippen molar-refractivity contribution in [3.63, 3.8) is 0 Å². The largest absolute Gasteiger partial charge is 0.489 e. The summed E-state index contributed by atoms with van der Waals surface area (Å²) >= 11 is 12.0. The Hall–Kier alpha value is -4.52. The molecule has 39 heavy (non-hydrogen) atoms. The highest BCUT2D eigenvalue weighted by atomic mass is 35.5. The quantitative estimate of drug-likeness (QED) is 0.109. The van der Waals surface area contributed by atoms with Crippen molar-refractivity contribution < 1.29 is 23.4 Å². The lowest BCUT2D eigenvalue weighted by molar-refractivity contribution is -0.128. The third-order valence-corrected chi connectivity index (χ3v) is 6.16. The number of esters is 1. The molecule has 4 aromatic carbocycles. The predicted molar refractivity (Wildman–Crippen MR) is 151 cm³/mol. The third-order valence-electron chi connectivity index (χ3n) is 5.60. The maximum Gasteiger partial charge on any atom is 0.336 e. The van der Waals surface area contributed by atoms with Crippen LogP contribution in [0, 0.1) is 0 Å². The Morgan fingerprint density at radius 1 is 0.846 bits per heavy atom. The maximum atomic E-state index is 12.8. The molecule has 0 spiro atoms. The van der Waals surface area contributed by atoms with Gasteiger partial charge in [0.05, 0.1) is 10.4 Å². The third kappa shape index (κ3) is 6.68. The van der Waals surface area contributed by atoms with Gasteiger partial charge in [0.1, 0.15) is 35.7 Å². The van der Waals surface area contributed by atoms with Gasteiger partial charge in [-0.1, -0.05) is 59.6 Å². The van der Waals surface area contributed by atoms with Crippen LogP contribution in [-0.2, 0) is 11.4 Å². The molecule has 5 aromatic rings. The number of fused-ring (bicyclic) bond motifs is 1. The summed E-state index contributed by atoms with van der Waals surface area (Å²) in [6.07, 6.45) is 4.14. The van der Waals surface area contributed by atoms with Gasteiger partial charge in [-0.05, 0) is 65.7 Å². The van der Waals surface area contributed by atoms with Crippen molar-refractivity contribution >= 4 is 46.2 Å². The van der Waals surface area contributed by atoms with Gasteiger partial charge in [-0.3, -0.25) is 4.79 Å². The lowest BCUT2D eigenvalue weighted by atomic mass is 10.2. The van der Waals surface area contributed by atoms with Crippen LogP contribution in [0.2, 0.25) is 10.0 Å². The molecule has 194 valence electrons. The Labute approximate surface area is 233 Å². The van der Waals surface area contributed by atoms with Crippen molar-refractivity contribution in [1.29, 1.82) is 0 Å². The van der Waals surface area contributed by atoms with Gasteiger partial charge in [-0.2, -0.15) is 0 Å². The molecule has 0 N–H and O–H groups in total. The lowest BCUT2D eigenvalue weighted by Crippen LogP contribution is -2.06. The molecule has 6 nitrogen and oxygen atoms in total. The van der Waals surface area contributed by atoms with Gasteiger partial charge in [0, 0.05) is 17.2 Å². The molecular weight excluding hydrogens is 539 g/mol. The Balaban J connectivity index is 1.19. The minimum Gasteiger partial charge on any atom is -0.489 e. The van der Waals surface area contributed by atoms with Crippen molar-refractivity contribution in [1.82, 2.24) is 0 Å². The van der Waals surface area contributed by atoms with E-state index in [1.165, 1.54) is 30.5 Å². The van der Waals surface area contributed by atoms with Crippen molar-refractivity contribution in [3.05, 3.63) is 135 Å². The first-order chi connectivity index (χ1) is 18.9. The molecule has 0 radical (unpaired) electrons. The number of rotatable bonds is 8. The molecule has 0 amide bonds. The summed E-state index contributed by atoms with van der Waals surface area (Å²) < 4.78 is 22.3. The number of benzene rings is 4. The van der Waals surface area contributed by atoms with Crippen LogP contribution in [0.5, 0.6) is 23.0 Å². The normalized spacial score (nSPS) is 11.0. The Morgan fingerprint density at radius 3 is 2.36 bits per heavy atom. The molecule has 0 unspecified atom stereocenters. The standard InChI is InChI=1S/C31H20Cl2O6/c32-22-10-5-21(6-11-22)18-36-23-12-7-20(8-13-23)9-16-30(34)38-24-14-15-25-28(17-24)37-19-29(31(25)35)39-27-4-2-1-3-26(27)33/h1-17,19H,18H2/b16-9+. The molecule has 0 aliphatic heterocycles. The minimum atomic E-state index is -0.585. The first kappa shape index (κ1) is 26.1. The molecule has 0 fully saturated rings. The van der Waals surface area contributed by atoms with Gasteiger partial charge >= 0.3 is 5.97 Å². The van der Waals surface area contributed by atoms with Gasteiger partial charge in [0.25, 0.3) is 0 Å². The van der Waals surface area contributed by atoms with E-state index < -0.39 is 5.97 Å². The second-order valence-electron chi connectivity index (χ2n) is 8.36. The Kier molecular flexibility index (Phi) is 7.96. The first-order valence-corrected chi connectivity index (χ1v) is 12.6. The monoisotopic (exact) mass is 558 g/mol. The molecule has 0 atom stereocenters. The van der Waals surface area contributed by atoms with Crippen molar-refractivity contribution in [3.8, 4) is 23.0 Å². The molecule has 0 saturated heterocycles. The second kappa shape index (κ2) is 11.9. The molecule has 0 aliphatic rings. The fourth-order valence-corrected chi connectivity index (χ4v) is 3.91. The molecule has 1 heterocycles. The number of hydrogen-bond donors (Lipinski definition) is 0. The van der Waals surface area contributed by atoms with E-state index in [9.17, 15) is 9.59 Å². The SMILES string of the molecule is O=C(/C=C/c1ccc(OCc2ccc(Cl)cc2)cc1)Oc1ccc2c(=O)c(Oc3ccccc3Cl)coc2c1. The predicted octanol–water partition coefficient (Wildman–Crippen LogP) is 8.09. The van der Waals surface area contributed by atoms with Crippen molar-refractivity contribution in [2.75, 3.05) is 0 Å². The van der Waals surface area contributed by atoms with Crippen LogP contribution in [0.25, 0.3) is 17.0 Å². The van der Waals surface area contributed by atoms with E-state index in [0.29, 0.717) is 28.2 Å². The van der Waals surface area contributed by atoms with Crippen LogP contribution < -0.4 is 19.6 Å². The number of para-hydroxylation sites is 1. The summed E-state index contributed by atoms with van der Waals surface area (Å²) in [4.78, 5) is 25.2. The van der Waals surface area contributed by atoms with E-state index in [1.807, 2.05) is 48.5 Å². The molecule has 0 saturated carbocycles. The van der Waals surface area contributed by atoms with Gasteiger partial charge in [-0.25, -0.2) is 4.79 Å². The highest BCUT2D eigenvalue weighted by molar-refractivity contribution is 6.32. The van der Waals surface area contributed by atoms with Gasteiger partial charge in [-0.15, -0.1) is 0 Å². The Morgan fingerprint density at radius 2 is 1.59 bits per heavy atom. The molecule has 5 rings (SSSR count). The number of carbonyl (C=O) groups excluding carboxylic acids is 1. The summed E-state index contributed by atoms with van der Waals surface area (Å²) in [7, 11) is 0. The van der Waals surface area contributed by atoms with Crippen LogP contribution in [0.15, 0.2) is 113 Å². The van der Waals surface area contributed by atoms with Crippen LogP contribution in [0.3, 0.4) is 0 Å². The molecular formula is C31H20Cl2O6. The van der Waals surface area contributed by atoms with Crippen molar-refractivity contribution in [2.45, 2.75) is 6.61 Å². The zero-order chi connectivity index (χ0) is 27.2. The molecule has 0 aliphatic carbocycles. The van der Waals surface area contributed by atoms with E-state index in [0.717, 1.165) is 11.1 Å². The van der Waals surface area contributed by atoms with Crippen LogP contribution >= 0.6 is 23.2 Å². The van der Waals surface area contributed by atoms with E-state index >= 15 is 0 Å². The van der Waals surface area contributed by atoms with Crippen molar-refractivity contribution in [2.24, 2.45) is 0 Å². The number of carbonyl (C=O) groups is 1. The zero-order valence-corrected chi connectivity index (χ0v) is 21.8.